The van der Waals surface area contributed by atoms with E-state index in [9.17, 15) is 5.11 Å². The molecule has 13 heavy (non-hydrogen) atoms. The smallest absolute Gasteiger partial charge is 0.0841 e. The summed E-state index contributed by atoms with van der Waals surface area (Å²) in [5.74, 6) is 0.0159. The number of ether oxygens (including phenoxy) is 1. The van der Waals surface area contributed by atoms with Gasteiger partial charge in [0, 0.05) is 4.91 Å². The minimum atomic E-state index is -0.478. The fourth-order valence-corrected chi connectivity index (χ4v) is 2.31. The molecule has 0 aliphatic carbocycles. The minimum Gasteiger partial charge on any atom is -0.390 e. The van der Waals surface area contributed by atoms with Crippen LogP contribution in [0.3, 0.4) is 0 Å². The summed E-state index contributed by atoms with van der Waals surface area (Å²) in [4.78, 5) is 2.79. The van der Waals surface area contributed by atoms with E-state index in [-0.39, 0.29) is 24.2 Å². The largest absolute Gasteiger partial charge is 0.390 e. The summed E-state index contributed by atoms with van der Waals surface area (Å²) in [5, 5.41) is 13.4. The molecule has 2 aliphatic rings. The molecule has 2 unspecified atom stereocenters. The van der Waals surface area contributed by atoms with E-state index in [1.54, 1.807) is 0 Å². The molecule has 0 saturated carbocycles. The van der Waals surface area contributed by atoms with Crippen LogP contribution in [0.4, 0.5) is 0 Å². The SMILES string of the molecule is C[C@@H]1C(N=[N+]=[N-])[C@@H]2CCC(O2)[C@H]1O. The van der Waals surface area contributed by atoms with Gasteiger partial charge in [-0.1, -0.05) is 12.0 Å². The van der Waals surface area contributed by atoms with Gasteiger partial charge in [-0.2, -0.15) is 0 Å². The molecule has 2 bridgehead atoms. The average Bonchev–Trinajstić information content (AvgIpc) is 2.56. The topological polar surface area (TPSA) is 78.2 Å². The van der Waals surface area contributed by atoms with E-state index in [0.717, 1.165) is 12.8 Å². The highest BCUT2D eigenvalue weighted by molar-refractivity contribution is 4.98. The molecule has 0 aromatic heterocycles. The van der Waals surface area contributed by atoms with Crippen LogP contribution in [0.1, 0.15) is 19.8 Å². The van der Waals surface area contributed by atoms with Crippen LogP contribution in [0.5, 0.6) is 0 Å². The van der Waals surface area contributed by atoms with E-state index >= 15 is 0 Å². The first kappa shape index (κ1) is 8.81. The zero-order chi connectivity index (χ0) is 9.42. The Balaban J connectivity index is 2.21. The Bertz CT molecular complexity index is 252. The van der Waals surface area contributed by atoms with Crippen molar-refractivity contribution in [3.63, 3.8) is 0 Å². The van der Waals surface area contributed by atoms with Crippen LogP contribution >= 0.6 is 0 Å². The van der Waals surface area contributed by atoms with Gasteiger partial charge in [0.05, 0.1) is 24.4 Å². The molecular formula is C8H13N3O2. The van der Waals surface area contributed by atoms with Crippen LogP contribution in [0.15, 0.2) is 5.11 Å². The Morgan fingerprint density at radius 2 is 2.15 bits per heavy atom. The van der Waals surface area contributed by atoms with Crippen molar-refractivity contribution >= 4 is 0 Å². The summed E-state index contributed by atoms with van der Waals surface area (Å²) >= 11 is 0. The number of fused-ring (bicyclic) bond motifs is 2. The second-order valence-corrected chi connectivity index (χ2v) is 3.84. The van der Waals surface area contributed by atoms with Crippen molar-refractivity contribution in [1.82, 2.24) is 0 Å². The van der Waals surface area contributed by atoms with Crippen molar-refractivity contribution in [3.05, 3.63) is 10.4 Å². The zero-order valence-electron chi connectivity index (χ0n) is 7.50. The van der Waals surface area contributed by atoms with Gasteiger partial charge in [0.25, 0.3) is 0 Å². The van der Waals surface area contributed by atoms with Gasteiger partial charge in [-0.05, 0) is 24.3 Å². The quantitative estimate of drug-likeness (QED) is 0.377. The van der Waals surface area contributed by atoms with Crippen molar-refractivity contribution < 1.29 is 9.84 Å². The van der Waals surface area contributed by atoms with Crippen molar-refractivity contribution in [2.75, 3.05) is 0 Å². The summed E-state index contributed by atoms with van der Waals surface area (Å²) in [5.41, 5.74) is 8.37. The molecule has 0 amide bonds. The molecule has 2 fully saturated rings. The summed E-state index contributed by atoms with van der Waals surface area (Å²) in [6.07, 6.45) is 1.29. The normalized spacial score (nSPS) is 48.6. The Kier molecular flexibility index (Phi) is 2.15. The van der Waals surface area contributed by atoms with Crippen LogP contribution in [-0.2, 0) is 4.74 Å². The maximum absolute atomic E-state index is 9.75. The molecule has 0 aromatic carbocycles. The number of hydrogen-bond acceptors (Lipinski definition) is 3. The molecule has 0 radical (unpaired) electrons. The fourth-order valence-electron chi connectivity index (χ4n) is 2.31. The van der Waals surface area contributed by atoms with E-state index in [4.69, 9.17) is 10.3 Å². The van der Waals surface area contributed by atoms with Crippen LogP contribution in [-0.4, -0.2) is 29.5 Å². The Morgan fingerprint density at radius 1 is 1.46 bits per heavy atom. The van der Waals surface area contributed by atoms with E-state index in [0.29, 0.717) is 0 Å². The first-order chi connectivity index (χ1) is 6.24. The van der Waals surface area contributed by atoms with Gasteiger partial charge < -0.3 is 9.84 Å². The van der Waals surface area contributed by atoms with Crippen molar-refractivity contribution in [1.29, 1.82) is 0 Å². The molecule has 5 heteroatoms. The Hall–Kier alpha value is -0.770. The maximum Gasteiger partial charge on any atom is 0.0841 e. The third-order valence-corrected chi connectivity index (χ3v) is 3.11. The number of rotatable bonds is 1. The first-order valence-electron chi connectivity index (χ1n) is 4.61. The van der Waals surface area contributed by atoms with Crippen LogP contribution < -0.4 is 0 Å². The van der Waals surface area contributed by atoms with Gasteiger partial charge in [-0.3, -0.25) is 0 Å². The molecule has 2 rings (SSSR count). The third-order valence-electron chi connectivity index (χ3n) is 3.11. The highest BCUT2D eigenvalue weighted by Gasteiger charge is 2.46. The predicted molar refractivity (Wildman–Crippen MR) is 46.0 cm³/mol. The van der Waals surface area contributed by atoms with Gasteiger partial charge in [0.2, 0.25) is 0 Å². The third kappa shape index (κ3) is 1.29. The van der Waals surface area contributed by atoms with E-state index in [2.05, 4.69) is 10.0 Å². The lowest BCUT2D eigenvalue weighted by Crippen LogP contribution is -2.47. The molecule has 5 nitrogen and oxygen atoms in total. The fraction of sp³-hybridized carbons (Fsp3) is 1.00. The monoisotopic (exact) mass is 183 g/mol. The number of nitrogens with zero attached hydrogens (tertiary/aromatic N) is 3. The summed E-state index contributed by atoms with van der Waals surface area (Å²) in [7, 11) is 0. The second-order valence-electron chi connectivity index (χ2n) is 3.84. The molecule has 2 saturated heterocycles. The molecule has 5 atom stereocenters. The highest BCUT2D eigenvalue weighted by Crippen LogP contribution is 2.37. The molecule has 0 spiro atoms. The Morgan fingerprint density at radius 3 is 2.85 bits per heavy atom. The van der Waals surface area contributed by atoms with Gasteiger partial charge in [-0.15, -0.1) is 0 Å². The first-order valence-corrected chi connectivity index (χ1v) is 4.61. The summed E-state index contributed by atoms with van der Waals surface area (Å²) in [6, 6.07) is -0.196. The molecule has 72 valence electrons. The van der Waals surface area contributed by atoms with Crippen LogP contribution in [0.2, 0.25) is 0 Å². The van der Waals surface area contributed by atoms with Gasteiger partial charge >= 0.3 is 0 Å². The second kappa shape index (κ2) is 3.18. The van der Waals surface area contributed by atoms with Gasteiger partial charge in [-0.25, -0.2) is 0 Å². The van der Waals surface area contributed by atoms with Crippen molar-refractivity contribution in [3.8, 4) is 0 Å². The van der Waals surface area contributed by atoms with Gasteiger partial charge in [0.1, 0.15) is 0 Å². The maximum atomic E-state index is 9.75. The summed E-state index contributed by atoms with van der Waals surface area (Å²) < 4.78 is 5.53. The molecule has 0 aromatic rings. The molecule has 1 N–H and O–H groups in total. The van der Waals surface area contributed by atoms with Crippen molar-refractivity contribution in [2.45, 2.75) is 44.1 Å². The average molecular weight is 183 g/mol. The van der Waals surface area contributed by atoms with Gasteiger partial charge in [0.15, 0.2) is 0 Å². The molecule has 2 heterocycles. The Labute approximate surface area is 76.3 Å². The number of hydrogen-bond donors (Lipinski definition) is 1. The number of azide groups is 1. The number of aliphatic hydroxyl groups excluding tert-OH is 1. The number of aliphatic hydroxyl groups is 1. The lowest BCUT2D eigenvalue weighted by Gasteiger charge is -2.36. The lowest BCUT2D eigenvalue weighted by atomic mass is 9.90. The van der Waals surface area contributed by atoms with E-state index in [1.807, 2.05) is 6.92 Å². The van der Waals surface area contributed by atoms with Crippen molar-refractivity contribution in [2.24, 2.45) is 11.0 Å². The lowest BCUT2D eigenvalue weighted by molar-refractivity contribution is -0.112. The van der Waals surface area contributed by atoms with Crippen LogP contribution in [0, 0.1) is 5.92 Å². The zero-order valence-corrected chi connectivity index (χ0v) is 7.50. The summed E-state index contributed by atoms with van der Waals surface area (Å²) in [6.45, 7) is 1.91. The van der Waals surface area contributed by atoms with Crippen LogP contribution in [0.25, 0.3) is 10.4 Å². The van der Waals surface area contributed by atoms with E-state index in [1.165, 1.54) is 0 Å². The minimum absolute atomic E-state index is 0.0159. The highest BCUT2D eigenvalue weighted by atomic mass is 16.5. The predicted octanol–water partition coefficient (Wildman–Crippen LogP) is 1.22. The standard InChI is InChI=1S/C8H13N3O2/c1-4-7(10-11-9)5-2-3-6(13-5)8(4)12/h4-8,12H,2-3H2,1H3/t4-,5+,6?,7?,8+/m1/s1. The molecular weight excluding hydrogens is 170 g/mol. The van der Waals surface area contributed by atoms with E-state index < -0.39 is 6.10 Å². The molecule has 2 aliphatic heterocycles.